The van der Waals surface area contributed by atoms with E-state index < -0.39 is 24.4 Å². The number of likely N-dealkylation sites (tertiary alicyclic amines) is 1. The molecule has 1 aliphatic rings. The molecule has 0 bridgehead atoms. The molecule has 0 radical (unpaired) electrons. The molecule has 7 heteroatoms. The Kier molecular flexibility index (Phi) is 7.96. The van der Waals surface area contributed by atoms with Gasteiger partial charge in [-0.15, -0.1) is 0 Å². The van der Waals surface area contributed by atoms with Gasteiger partial charge in [0.05, 0.1) is 18.7 Å². The van der Waals surface area contributed by atoms with Crippen LogP contribution in [0.1, 0.15) is 48.0 Å². The maximum absolute atomic E-state index is 14.1. The first-order valence-electron chi connectivity index (χ1n) is 10.8. The number of piperidine rings is 1. The van der Waals surface area contributed by atoms with Crippen LogP contribution in [0, 0.1) is 0 Å². The van der Waals surface area contributed by atoms with Crippen LogP contribution in [-0.2, 0) is 9.53 Å². The quantitative estimate of drug-likeness (QED) is 0.523. The molecule has 2 atom stereocenters. The molecule has 0 unspecified atom stereocenters. The number of carbonyl (C=O) groups excluding carboxylic acids is 2. The summed E-state index contributed by atoms with van der Waals surface area (Å²) in [5.74, 6) is -2.93. The number of halogens is 2. The second-order valence-electron chi connectivity index (χ2n) is 8.21. The van der Waals surface area contributed by atoms with Crippen LogP contribution in [-0.4, -0.2) is 55.4 Å². The van der Waals surface area contributed by atoms with E-state index in [0.29, 0.717) is 24.5 Å². The largest absolute Gasteiger partial charge is 0.492 e. The lowest BCUT2D eigenvalue weighted by Gasteiger charge is -2.38. The number of Topliss-reactive ketones (excluding diaryl/α,β-unsaturated/α-hetero) is 1. The lowest BCUT2D eigenvalue weighted by atomic mass is 9.88. The number of methoxy groups -OCH3 is 1. The fourth-order valence-corrected chi connectivity index (χ4v) is 3.98. The molecule has 32 heavy (non-hydrogen) atoms. The zero-order chi connectivity index (χ0) is 23.1. The lowest BCUT2D eigenvalue weighted by molar-refractivity contribution is -0.136. The first-order chi connectivity index (χ1) is 15.3. The Morgan fingerprint density at radius 1 is 1.12 bits per heavy atom. The highest BCUT2D eigenvalue weighted by Crippen LogP contribution is 2.34. The first-order valence-corrected chi connectivity index (χ1v) is 10.8. The van der Waals surface area contributed by atoms with Crippen molar-refractivity contribution in [3.05, 3.63) is 65.7 Å². The van der Waals surface area contributed by atoms with Gasteiger partial charge in [0.25, 0.3) is 5.92 Å². The van der Waals surface area contributed by atoms with Crippen LogP contribution >= 0.6 is 0 Å². The van der Waals surface area contributed by atoms with E-state index in [9.17, 15) is 18.4 Å². The van der Waals surface area contributed by atoms with E-state index in [4.69, 9.17) is 9.47 Å². The van der Waals surface area contributed by atoms with E-state index in [2.05, 4.69) is 0 Å². The Bertz CT molecular complexity index is 902. The molecule has 0 N–H and O–H groups in total. The molecule has 0 amide bonds. The predicted octanol–water partition coefficient (Wildman–Crippen LogP) is 4.71. The van der Waals surface area contributed by atoms with Crippen molar-refractivity contribution in [1.29, 1.82) is 0 Å². The Labute approximate surface area is 187 Å². The third kappa shape index (κ3) is 6.36. The fourth-order valence-electron chi connectivity index (χ4n) is 3.98. The molecule has 2 aromatic carbocycles. The standard InChI is InChI=1S/C25H29F2NO4/c1-18(19-8-10-20(11-9-19)24(30)31-2)16-23(29)22-17-25(26,27)12-13-28(22)14-15-32-21-6-4-3-5-7-21/h3-11,18,22H,12-17H2,1-2H3/t18-,22+/m1/s1. The summed E-state index contributed by atoms with van der Waals surface area (Å²) in [6, 6.07) is 15.3. The first kappa shape index (κ1) is 23.9. The van der Waals surface area contributed by atoms with Crippen LogP contribution in [0.3, 0.4) is 0 Å². The van der Waals surface area contributed by atoms with E-state index >= 15 is 0 Å². The number of hydrogen-bond donors (Lipinski definition) is 0. The number of nitrogens with zero attached hydrogens (tertiary/aromatic N) is 1. The van der Waals surface area contributed by atoms with Crippen LogP contribution < -0.4 is 4.74 Å². The normalized spacial score (nSPS) is 19.2. The fraction of sp³-hybridized carbons (Fsp3) is 0.440. The number of alkyl halides is 2. The minimum atomic E-state index is -2.84. The van der Waals surface area contributed by atoms with Crippen LogP contribution in [0.15, 0.2) is 54.6 Å². The molecule has 1 heterocycles. The molecule has 3 rings (SSSR count). The zero-order valence-corrected chi connectivity index (χ0v) is 18.4. The third-order valence-corrected chi connectivity index (χ3v) is 5.87. The van der Waals surface area contributed by atoms with Gasteiger partial charge in [0.1, 0.15) is 12.4 Å². The summed E-state index contributed by atoms with van der Waals surface area (Å²) in [4.78, 5) is 26.4. The number of ether oxygens (including phenoxy) is 2. The number of rotatable bonds is 9. The van der Waals surface area contributed by atoms with E-state index in [-0.39, 0.29) is 31.1 Å². The van der Waals surface area contributed by atoms with Crippen LogP contribution in [0.25, 0.3) is 0 Å². The monoisotopic (exact) mass is 445 g/mol. The Morgan fingerprint density at radius 2 is 1.81 bits per heavy atom. The highest BCUT2D eigenvalue weighted by Gasteiger charge is 2.43. The molecule has 0 saturated carbocycles. The third-order valence-electron chi connectivity index (χ3n) is 5.87. The highest BCUT2D eigenvalue weighted by molar-refractivity contribution is 5.89. The molecule has 0 spiro atoms. The van der Waals surface area contributed by atoms with Crippen molar-refractivity contribution in [1.82, 2.24) is 4.90 Å². The second kappa shape index (κ2) is 10.7. The Hall–Kier alpha value is -2.80. The molecule has 172 valence electrons. The van der Waals surface area contributed by atoms with E-state index in [1.165, 1.54) is 7.11 Å². The minimum absolute atomic E-state index is 0.147. The van der Waals surface area contributed by atoms with Gasteiger partial charge in [0.2, 0.25) is 0 Å². The molecule has 2 aromatic rings. The minimum Gasteiger partial charge on any atom is -0.492 e. The number of carbonyl (C=O) groups is 2. The van der Waals surface area contributed by atoms with Crippen molar-refractivity contribution in [3.63, 3.8) is 0 Å². The SMILES string of the molecule is COC(=O)c1ccc([C@H](C)CC(=O)[C@@H]2CC(F)(F)CCN2CCOc2ccccc2)cc1. The van der Waals surface area contributed by atoms with Gasteiger partial charge >= 0.3 is 5.97 Å². The summed E-state index contributed by atoms with van der Waals surface area (Å²) in [5.41, 5.74) is 1.29. The topological polar surface area (TPSA) is 55.8 Å². The number of para-hydroxylation sites is 1. The molecule has 1 saturated heterocycles. The van der Waals surface area contributed by atoms with Gasteiger partial charge in [0.15, 0.2) is 5.78 Å². The number of hydrogen-bond acceptors (Lipinski definition) is 5. The summed E-state index contributed by atoms with van der Waals surface area (Å²) in [5, 5.41) is 0. The molecule has 5 nitrogen and oxygen atoms in total. The van der Waals surface area contributed by atoms with Gasteiger partial charge in [-0.25, -0.2) is 13.6 Å². The summed E-state index contributed by atoms with van der Waals surface area (Å²) in [6.07, 6.45) is -0.577. The van der Waals surface area contributed by atoms with Gasteiger partial charge < -0.3 is 9.47 Å². The Morgan fingerprint density at radius 3 is 2.47 bits per heavy atom. The summed E-state index contributed by atoms with van der Waals surface area (Å²) in [6.45, 7) is 2.77. The predicted molar refractivity (Wildman–Crippen MR) is 117 cm³/mol. The lowest BCUT2D eigenvalue weighted by Crippen LogP contribution is -2.52. The van der Waals surface area contributed by atoms with E-state index in [0.717, 1.165) is 5.56 Å². The van der Waals surface area contributed by atoms with Crippen molar-refractivity contribution in [2.24, 2.45) is 0 Å². The second-order valence-corrected chi connectivity index (χ2v) is 8.21. The summed E-state index contributed by atoms with van der Waals surface area (Å²) >= 11 is 0. The van der Waals surface area contributed by atoms with Crippen molar-refractivity contribution in [2.45, 2.75) is 44.1 Å². The van der Waals surface area contributed by atoms with Crippen molar-refractivity contribution in [2.75, 3.05) is 26.8 Å². The number of ketones is 1. The summed E-state index contributed by atoms with van der Waals surface area (Å²) < 4.78 is 38.7. The van der Waals surface area contributed by atoms with Gasteiger partial charge in [-0.1, -0.05) is 37.3 Å². The van der Waals surface area contributed by atoms with Crippen molar-refractivity contribution >= 4 is 11.8 Å². The number of benzene rings is 2. The average Bonchev–Trinajstić information content (AvgIpc) is 2.80. The van der Waals surface area contributed by atoms with Gasteiger partial charge in [-0.05, 0) is 35.7 Å². The van der Waals surface area contributed by atoms with Gasteiger partial charge in [-0.2, -0.15) is 0 Å². The van der Waals surface area contributed by atoms with Crippen LogP contribution in [0.4, 0.5) is 8.78 Å². The molecule has 1 aliphatic heterocycles. The van der Waals surface area contributed by atoms with E-state index in [1.807, 2.05) is 42.2 Å². The van der Waals surface area contributed by atoms with E-state index in [1.54, 1.807) is 24.3 Å². The van der Waals surface area contributed by atoms with Crippen molar-refractivity contribution < 1.29 is 27.8 Å². The average molecular weight is 446 g/mol. The van der Waals surface area contributed by atoms with Crippen LogP contribution in [0.2, 0.25) is 0 Å². The maximum Gasteiger partial charge on any atom is 0.337 e. The summed E-state index contributed by atoms with van der Waals surface area (Å²) in [7, 11) is 1.31. The zero-order valence-electron chi connectivity index (χ0n) is 18.4. The highest BCUT2D eigenvalue weighted by atomic mass is 19.3. The molecule has 1 fully saturated rings. The molecule has 0 aromatic heterocycles. The molecule has 0 aliphatic carbocycles. The number of esters is 1. The Balaban J connectivity index is 1.61. The smallest absolute Gasteiger partial charge is 0.337 e. The van der Waals surface area contributed by atoms with Gasteiger partial charge in [-0.3, -0.25) is 9.69 Å². The molecular formula is C25H29F2NO4. The van der Waals surface area contributed by atoms with Crippen molar-refractivity contribution in [3.8, 4) is 5.75 Å². The molecular weight excluding hydrogens is 416 g/mol. The van der Waals surface area contributed by atoms with Gasteiger partial charge in [0, 0.05) is 32.4 Å². The maximum atomic E-state index is 14.1. The van der Waals surface area contributed by atoms with Crippen LogP contribution in [0.5, 0.6) is 5.75 Å².